The van der Waals surface area contributed by atoms with E-state index in [-0.39, 0.29) is 23.1 Å². The molecule has 2 atom stereocenters. The topological polar surface area (TPSA) is 53.5 Å². The van der Waals surface area contributed by atoms with Crippen LogP contribution in [0.25, 0.3) is 0 Å². The molecule has 27 heavy (non-hydrogen) atoms. The molecule has 0 N–H and O–H groups in total. The normalized spacial score (nSPS) is 23.5. The molecule has 2 heterocycles. The van der Waals surface area contributed by atoms with Crippen molar-refractivity contribution in [3.05, 3.63) is 65.5 Å². The minimum absolute atomic E-state index is 0.0180. The summed E-state index contributed by atoms with van der Waals surface area (Å²) in [6.45, 7) is 3.97. The van der Waals surface area contributed by atoms with Crippen molar-refractivity contribution in [3.63, 3.8) is 0 Å². The molecule has 0 bridgehead atoms. The van der Waals surface area contributed by atoms with E-state index in [9.17, 15) is 9.59 Å². The summed E-state index contributed by atoms with van der Waals surface area (Å²) >= 11 is 0. The van der Waals surface area contributed by atoms with Crippen molar-refractivity contribution < 1.29 is 9.59 Å². The molecule has 0 radical (unpaired) electrons. The number of carbonyl (C=O) groups excluding carboxylic acids is 2. The van der Waals surface area contributed by atoms with Crippen molar-refractivity contribution >= 4 is 11.8 Å². The molecule has 2 aromatic rings. The Bertz CT molecular complexity index is 850. The number of aryl methyl sites for hydroxylation is 1. The van der Waals surface area contributed by atoms with E-state index in [1.165, 1.54) is 0 Å². The molecule has 2 aliphatic rings. The van der Waals surface area contributed by atoms with Gasteiger partial charge in [-0.25, -0.2) is 0 Å². The minimum atomic E-state index is -0.0180. The molecule has 4 rings (SSSR count). The first-order valence-corrected chi connectivity index (χ1v) is 9.49. The summed E-state index contributed by atoms with van der Waals surface area (Å²) in [4.78, 5) is 33.6. The Morgan fingerprint density at radius 1 is 1.22 bits per heavy atom. The Labute approximate surface area is 160 Å². The molecule has 1 aromatic heterocycles. The first-order chi connectivity index (χ1) is 13.0. The van der Waals surface area contributed by atoms with Crippen molar-refractivity contribution in [3.8, 4) is 0 Å². The van der Waals surface area contributed by atoms with E-state index < -0.39 is 0 Å². The molecule has 2 amide bonds. The van der Waals surface area contributed by atoms with Crippen LogP contribution < -0.4 is 0 Å². The van der Waals surface area contributed by atoms with Crippen molar-refractivity contribution in [2.75, 3.05) is 20.1 Å². The zero-order chi connectivity index (χ0) is 19.0. The maximum atomic E-state index is 12.8. The summed E-state index contributed by atoms with van der Waals surface area (Å²) in [7, 11) is 1.84. The average Bonchev–Trinajstić information content (AvgIpc) is 3.21. The standard InChI is InChI=1S/C22H25N3O2/c1-16-6-8-17(9-7-16)20(26)25-12-10-22(15-25)13-19(22)21(27)24(2)14-18-5-3-4-11-23-18/h3-9,11,19H,10,12-15H2,1-2H3. The molecule has 1 saturated heterocycles. The predicted octanol–water partition coefficient (Wildman–Crippen LogP) is 2.90. The van der Waals surface area contributed by atoms with Crippen LogP contribution in [0.5, 0.6) is 0 Å². The fourth-order valence-corrected chi connectivity index (χ4v) is 4.17. The number of pyridine rings is 1. The SMILES string of the molecule is Cc1ccc(C(=O)N2CCC3(CC3C(=O)N(C)Cc3ccccn3)C2)cc1. The molecule has 1 aliphatic carbocycles. The minimum Gasteiger partial charge on any atom is -0.340 e. The molecular formula is C22H25N3O2. The van der Waals surface area contributed by atoms with Crippen molar-refractivity contribution in [2.24, 2.45) is 11.3 Å². The summed E-state index contributed by atoms with van der Waals surface area (Å²) < 4.78 is 0. The van der Waals surface area contributed by atoms with E-state index in [1.807, 2.05) is 61.3 Å². The van der Waals surface area contributed by atoms with Gasteiger partial charge in [0.1, 0.15) is 0 Å². The van der Waals surface area contributed by atoms with Crippen molar-refractivity contribution in [2.45, 2.75) is 26.3 Å². The third-order valence-corrected chi connectivity index (χ3v) is 5.96. The van der Waals surface area contributed by atoms with Gasteiger partial charge in [-0.1, -0.05) is 23.8 Å². The monoisotopic (exact) mass is 363 g/mol. The molecule has 1 aliphatic heterocycles. The summed E-state index contributed by atoms with van der Waals surface area (Å²) in [5.74, 6) is 0.277. The molecule has 140 valence electrons. The van der Waals surface area contributed by atoms with Crippen LogP contribution in [0.15, 0.2) is 48.7 Å². The molecule has 1 spiro atoms. The second-order valence-electron chi connectivity index (χ2n) is 7.98. The Kier molecular flexibility index (Phi) is 4.46. The van der Waals surface area contributed by atoms with Crippen LogP contribution in [0.1, 0.15) is 34.5 Å². The van der Waals surface area contributed by atoms with Crippen LogP contribution in [-0.2, 0) is 11.3 Å². The van der Waals surface area contributed by atoms with Crippen molar-refractivity contribution in [1.82, 2.24) is 14.8 Å². The van der Waals surface area contributed by atoms with Gasteiger partial charge >= 0.3 is 0 Å². The van der Waals surface area contributed by atoms with Crippen LogP contribution in [-0.4, -0.2) is 46.7 Å². The number of benzene rings is 1. The van der Waals surface area contributed by atoms with Crippen LogP contribution in [0.2, 0.25) is 0 Å². The van der Waals surface area contributed by atoms with E-state index in [2.05, 4.69) is 4.98 Å². The fourth-order valence-electron chi connectivity index (χ4n) is 4.17. The van der Waals surface area contributed by atoms with Gasteiger partial charge in [0.2, 0.25) is 5.91 Å². The fraction of sp³-hybridized carbons (Fsp3) is 0.409. The van der Waals surface area contributed by atoms with Crippen molar-refractivity contribution in [1.29, 1.82) is 0 Å². The van der Waals surface area contributed by atoms with Gasteiger partial charge in [0, 0.05) is 43.2 Å². The highest BCUT2D eigenvalue weighted by Crippen LogP contribution is 2.59. The maximum Gasteiger partial charge on any atom is 0.253 e. The van der Waals surface area contributed by atoms with E-state index in [0.717, 1.165) is 36.2 Å². The number of hydrogen-bond acceptors (Lipinski definition) is 3. The highest BCUT2D eigenvalue weighted by atomic mass is 16.2. The summed E-state index contributed by atoms with van der Waals surface area (Å²) in [6.07, 6.45) is 3.55. The molecule has 2 unspecified atom stereocenters. The predicted molar refractivity (Wildman–Crippen MR) is 103 cm³/mol. The Hall–Kier alpha value is -2.69. The van der Waals surface area contributed by atoms with E-state index >= 15 is 0 Å². The molecule has 1 aromatic carbocycles. The number of rotatable bonds is 4. The lowest BCUT2D eigenvalue weighted by Crippen LogP contribution is -2.32. The Balaban J connectivity index is 1.37. The van der Waals surface area contributed by atoms with Gasteiger partial charge in [-0.15, -0.1) is 0 Å². The summed E-state index contributed by atoms with van der Waals surface area (Å²) in [5, 5.41) is 0. The van der Waals surface area contributed by atoms with Crippen LogP contribution in [0, 0.1) is 18.3 Å². The average molecular weight is 363 g/mol. The molecule has 5 nitrogen and oxygen atoms in total. The van der Waals surface area contributed by atoms with Gasteiger partial charge < -0.3 is 9.80 Å². The van der Waals surface area contributed by atoms with E-state index in [1.54, 1.807) is 11.1 Å². The molecule has 5 heteroatoms. The number of likely N-dealkylation sites (tertiary alicyclic amines) is 1. The number of carbonyl (C=O) groups is 2. The lowest BCUT2D eigenvalue weighted by atomic mass is 10.0. The van der Waals surface area contributed by atoms with Gasteiger partial charge in [-0.2, -0.15) is 0 Å². The van der Waals surface area contributed by atoms with Gasteiger partial charge in [0.05, 0.1) is 12.2 Å². The smallest absolute Gasteiger partial charge is 0.253 e. The molecular weight excluding hydrogens is 338 g/mol. The zero-order valence-electron chi connectivity index (χ0n) is 15.9. The summed E-state index contributed by atoms with van der Waals surface area (Å²) in [6, 6.07) is 13.5. The first kappa shape index (κ1) is 17.7. The van der Waals surface area contributed by atoms with Gasteiger partial charge in [-0.3, -0.25) is 14.6 Å². The number of hydrogen-bond donors (Lipinski definition) is 0. The number of nitrogens with zero attached hydrogens (tertiary/aromatic N) is 3. The highest BCUT2D eigenvalue weighted by Gasteiger charge is 2.61. The number of amides is 2. The van der Waals surface area contributed by atoms with E-state index in [0.29, 0.717) is 13.1 Å². The zero-order valence-corrected chi connectivity index (χ0v) is 15.9. The first-order valence-electron chi connectivity index (χ1n) is 9.49. The van der Waals surface area contributed by atoms with Crippen LogP contribution in [0.4, 0.5) is 0 Å². The Morgan fingerprint density at radius 2 is 2.00 bits per heavy atom. The second kappa shape index (κ2) is 6.80. The van der Waals surface area contributed by atoms with Crippen LogP contribution >= 0.6 is 0 Å². The lowest BCUT2D eigenvalue weighted by Gasteiger charge is -2.19. The second-order valence-corrected chi connectivity index (χ2v) is 7.98. The van der Waals surface area contributed by atoms with Gasteiger partial charge in [0.25, 0.3) is 5.91 Å². The number of aromatic nitrogens is 1. The lowest BCUT2D eigenvalue weighted by molar-refractivity contribution is -0.132. The van der Waals surface area contributed by atoms with Gasteiger partial charge in [-0.05, 0) is 44.0 Å². The third kappa shape index (κ3) is 3.46. The third-order valence-electron chi connectivity index (χ3n) is 5.96. The maximum absolute atomic E-state index is 12.8. The van der Waals surface area contributed by atoms with Crippen LogP contribution in [0.3, 0.4) is 0 Å². The molecule has 1 saturated carbocycles. The van der Waals surface area contributed by atoms with E-state index in [4.69, 9.17) is 0 Å². The molecule has 2 fully saturated rings. The summed E-state index contributed by atoms with van der Waals surface area (Å²) in [5.41, 5.74) is 2.75. The quantitative estimate of drug-likeness (QED) is 0.839. The Morgan fingerprint density at radius 3 is 2.70 bits per heavy atom. The highest BCUT2D eigenvalue weighted by molar-refractivity contribution is 5.94. The van der Waals surface area contributed by atoms with Gasteiger partial charge in [0.15, 0.2) is 0 Å². The largest absolute Gasteiger partial charge is 0.340 e.